The molecule has 3 N–H and O–H groups in total. The van der Waals surface area contributed by atoms with Gasteiger partial charge in [-0.05, 0) is 38.1 Å². The highest BCUT2D eigenvalue weighted by Gasteiger charge is 2.28. The Balaban J connectivity index is 1.59. The largest absolute Gasteiger partial charge is 0.379 e. The van der Waals surface area contributed by atoms with Crippen LogP contribution in [0.5, 0.6) is 0 Å². The second-order valence-electron chi connectivity index (χ2n) is 6.37. The lowest BCUT2D eigenvalue weighted by Crippen LogP contribution is -2.41. The van der Waals surface area contributed by atoms with Crippen LogP contribution in [0.2, 0.25) is 0 Å². The van der Waals surface area contributed by atoms with Crippen molar-refractivity contribution in [1.82, 2.24) is 10.2 Å². The maximum Gasteiger partial charge on any atom is 0.223 e. The number of amides is 1. The number of nitrogens with zero attached hydrogens (tertiary/aromatic N) is 1. The first-order valence-corrected chi connectivity index (χ1v) is 7.98. The molecule has 2 fully saturated rings. The van der Waals surface area contributed by atoms with Gasteiger partial charge in [0.25, 0.3) is 0 Å². The molecule has 1 aliphatic heterocycles. The number of nitrogens with two attached hydrogens (primary N) is 1. The zero-order chi connectivity index (χ0) is 14.4. The van der Waals surface area contributed by atoms with Gasteiger partial charge in [0, 0.05) is 31.6 Å². The summed E-state index contributed by atoms with van der Waals surface area (Å²) in [6.45, 7) is 7.72. The molecule has 0 bridgehead atoms. The van der Waals surface area contributed by atoms with Crippen molar-refractivity contribution in [3.05, 3.63) is 0 Å². The summed E-state index contributed by atoms with van der Waals surface area (Å²) in [5.41, 5.74) is 6.01. The van der Waals surface area contributed by atoms with Gasteiger partial charge in [0.15, 0.2) is 0 Å². The van der Waals surface area contributed by atoms with E-state index in [9.17, 15) is 4.79 Å². The van der Waals surface area contributed by atoms with Gasteiger partial charge in [-0.15, -0.1) is 0 Å². The predicted octanol–water partition coefficient (Wildman–Crippen LogP) is 0.588. The summed E-state index contributed by atoms with van der Waals surface area (Å²) >= 11 is 0. The molecule has 5 nitrogen and oxygen atoms in total. The normalized spacial score (nSPS) is 32.0. The minimum atomic E-state index is 0.122. The van der Waals surface area contributed by atoms with Crippen LogP contribution >= 0.6 is 0 Å². The quantitative estimate of drug-likeness (QED) is 0.725. The van der Waals surface area contributed by atoms with Crippen LogP contribution in [0.3, 0.4) is 0 Å². The van der Waals surface area contributed by atoms with Gasteiger partial charge in [-0.1, -0.05) is 6.92 Å². The highest BCUT2D eigenvalue weighted by molar-refractivity contribution is 5.78. The SMILES string of the molecule is CC1CC(N)CC(C(=O)NCCCN2CCOCC2)C1. The van der Waals surface area contributed by atoms with Crippen LogP contribution < -0.4 is 11.1 Å². The van der Waals surface area contributed by atoms with Crippen LogP contribution in [0.25, 0.3) is 0 Å². The lowest BCUT2D eigenvalue weighted by Gasteiger charge is -2.30. The number of hydrogen-bond donors (Lipinski definition) is 2. The molecule has 0 spiro atoms. The molecule has 2 rings (SSSR count). The van der Waals surface area contributed by atoms with Crippen LogP contribution in [-0.2, 0) is 9.53 Å². The van der Waals surface area contributed by atoms with E-state index in [1.54, 1.807) is 0 Å². The van der Waals surface area contributed by atoms with Crippen LogP contribution in [0, 0.1) is 11.8 Å². The minimum Gasteiger partial charge on any atom is -0.379 e. The Labute approximate surface area is 122 Å². The summed E-state index contributed by atoms with van der Waals surface area (Å²) in [4.78, 5) is 14.5. The van der Waals surface area contributed by atoms with Crippen molar-refractivity contribution in [2.24, 2.45) is 17.6 Å². The third-order valence-corrected chi connectivity index (χ3v) is 4.40. The highest BCUT2D eigenvalue weighted by atomic mass is 16.5. The number of nitrogens with one attached hydrogen (secondary N) is 1. The van der Waals surface area contributed by atoms with Gasteiger partial charge < -0.3 is 15.8 Å². The van der Waals surface area contributed by atoms with Crippen LogP contribution in [0.4, 0.5) is 0 Å². The molecule has 1 saturated heterocycles. The third kappa shape index (κ3) is 5.04. The van der Waals surface area contributed by atoms with E-state index < -0.39 is 0 Å². The Morgan fingerprint density at radius 1 is 1.30 bits per heavy atom. The molecule has 0 radical (unpaired) electrons. The summed E-state index contributed by atoms with van der Waals surface area (Å²) in [5.74, 6) is 0.897. The zero-order valence-electron chi connectivity index (χ0n) is 12.6. The van der Waals surface area contributed by atoms with Crippen LogP contribution in [0.15, 0.2) is 0 Å². The van der Waals surface area contributed by atoms with Crippen molar-refractivity contribution >= 4 is 5.91 Å². The molecule has 1 saturated carbocycles. The molecule has 2 aliphatic rings. The average Bonchev–Trinajstić information content (AvgIpc) is 2.43. The van der Waals surface area contributed by atoms with Crippen LogP contribution in [-0.4, -0.2) is 56.2 Å². The standard InChI is InChI=1S/C15H29N3O2/c1-12-9-13(11-14(16)10-12)15(19)17-3-2-4-18-5-7-20-8-6-18/h12-14H,2-11,16H2,1H3,(H,17,19). The van der Waals surface area contributed by atoms with E-state index in [4.69, 9.17) is 10.5 Å². The zero-order valence-corrected chi connectivity index (χ0v) is 12.6. The molecule has 20 heavy (non-hydrogen) atoms. The molecule has 0 aromatic carbocycles. The van der Waals surface area contributed by atoms with E-state index in [1.807, 2.05) is 0 Å². The van der Waals surface area contributed by atoms with E-state index in [-0.39, 0.29) is 17.9 Å². The lowest BCUT2D eigenvalue weighted by molar-refractivity contribution is -0.126. The molecule has 3 unspecified atom stereocenters. The summed E-state index contributed by atoms with van der Waals surface area (Å²) in [5, 5.41) is 3.08. The molecule has 0 aromatic rings. The molecule has 1 amide bonds. The Morgan fingerprint density at radius 3 is 2.75 bits per heavy atom. The summed E-state index contributed by atoms with van der Waals surface area (Å²) in [6.07, 6.45) is 3.91. The number of carbonyl (C=O) groups excluding carboxylic acids is 1. The second kappa shape index (κ2) is 7.96. The molecule has 3 atom stereocenters. The first kappa shape index (κ1) is 15.7. The van der Waals surface area contributed by atoms with Gasteiger partial charge in [0.05, 0.1) is 13.2 Å². The van der Waals surface area contributed by atoms with Gasteiger partial charge in [-0.25, -0.2) is 0 Å². The lowest BCUT2D eigenvalue weighted by atomic mass is 9.79. The van der Waals surface area contributed by atoms with Gasteiger partial charge in [0.1, 0.15) is 0 Å². The molecule has 1 aliphatic carbocycles. The van der Waals surface area contributed by atoms with E-state index in [2.05, 4.69) is 17.1 Å². The van der Waals surface area contributed by atoms with Crippen molar-refractivity contribution in [2.45, 2.75) is 38.6 Å². The van der Waals surface area contributed by atoms with E-state index in [0.29, 0.717) is 5.92 Å². The number of ether oxygens (including phenoxy) is 1. The first-order chi connectivity index (χ1) is 9.65. The van der Waals surface area contributed by atoms with Crippen molar-refractivity contribution in [1.29, 1.82) is 0 Å². The average molecular weight is 283 g/mol. The Bertz CT molecular complexity index is 295. The Kier molecular flexibility index (Phi) is 6.26. The third-order valence-electron chi connectivity index (χ3n) is 4.40. The van der Waals surface area contributed by atoms with Gasteiger partial charge in [-0.3, -0.25) is 9.69 Å². The fraction of sp³-hybridized carbons (Fsp3) is 0.933. The smallest absolute Gasteiger partial charge is 0.223 e. The monoisotopic (exact) mass is 283 g/mol. The summed E-state index contributed by atoms with van der Waals surface area (Å²) in [6, 6.07) is 0.197. The van der Waals surface area contributed by atoms with E-state index in [0.717, 1.165) is 65.1 Å². The van der Waals surface area contributed by atoms with Crippen LogP contribution in [0.1, 0.15) is 32.6 Å². The predicted molar refractivity (Wildman–Crippen MR) is 79.4 cm³/mol. The maximum atomic E-state index is 12.1. The fourth-order valence-corrected chi connectivity index (χ4v) is 3.35. The van der Waals surface area contributed by atoms with Crippen molar-refractivity contribution in [3.8, 4) is 0 Å². The van der Waals surface area contributed by atoms with Crippen molar-refractivity contribution in [3.63, 3.8) is 0 Å². The highest BCUT2D eigenvalue weighted by Crippen LogP contribution is 2.27. The van der Waals surface area contributed by atoms with Gasteiger partial charge in [-0.2, -0.15) is 0 Å². The molecular formula is C15H29N3O2. The van der Waals surface area contributed by atoms with E-state index in [1.165, 1.54) is 0 Å². The van der Waals surface area contributed by atoms with E-state index >= 15 is 0 Å². The molecule has 1 heterocycles. The Morgan fingerprint density at radius 2 is 2.05 bits per heavy atom. The number of morpholine rings is 1. The molecule has 5 heteroatoms. The first-order valence-electron chi connectivity index (χ1n) is 7.98. The minimum absolute atomic E-state index is 0.122. The number of hydrogen-bond acceptors (Lipinski definition) is 4. The topological polar surface area (TPSA) is 67.6 Å². The summed E-state index contributed by atoms with van der Waals surface area (Å²) < 4.78 is 5.32. The number of rotatable bonds is 5. The Hall–Kier alpha value is -0.650. The van der Waals surface area contributed by atoms with Crippen molar-refractivity contribution < 1.29 is 9.53 Å². The maximum absolute atomic E-state index is 12.1. The summed E-state index contributed by atoms with van der Waals surface area (Å²) in [7, 11) is 0. The van der Waals surface area contributed by atoms with Gasteiger partial charge >= 0.3 is 0 Å². The molecule has 116 valence electrons. The number of carbonyl (C=O) groups is 1. The fourth-order valence-electron chi connectivity index (χ4n) is 3.35. The molecule has 0 aromatic heterocycles. The van der Waals surface area contributed by atoms with Gasteiger partial charge in [0.2, 0.25) is 5.91 Å². The van der Waals surface area contributed by atoms with Crippen molar-refractivity contribution in [2.75, 3.05) is 39.4 Å². The second-order valence-corrected chi connectivity index (χ2v) is 6.37. The molecular weight excluding hydrogens is 254 g/mol.